The standard InChI is InChI=1S/C14H22O3/c1-10-5-2-3-6-11(10)9-17-13-8-4-7-12(13)14(15)16/h2-3,10-13H,4-9H2,1H3,(H,15,16). The summed E-state index contributed by atoms with van der Waals surface area (Å²) in [4.78, 5) is 11.0. The molecule has 3 heteroatoms. The smallest absolute Gasteiger partial charge is 0.309 e. The van der Waals surface area contributed by atoms with E-state index in [0.29, 0.717) is 11.8 Å². The minimum absolute atomic E-state index is 0.0504. The largest absolute Gasteiger partial charge is 0.481 e. The van der Waals surface area contributed by atoms with E-state index < -0.39 is 5.97 Å². The van der Waals surface area contributed by atoms with Crippen molar-refractivity contribution in [2.75, 3.05) is 6.61 Å². The second-order valence-corrected chi connectivity index (χ2v) is 5.43. The molecule has 0 aromatic rings. The summed E-state index contributed by atoms with van der Waals surface area (Å²) in [5, 5.41) is 9.08. The highest BCUT2D eigenvalue weighted by molar-refractivity contribution is 5.71. The highest BCUT2D eigenvalue weighted by atomic mass is 16.5. The maximum absolute atomic E-state index is 11.0. The van der Waals surface area contributed by atoms with Crippen LogP contribution in [0.2, 0.25) is 0 Å². The van der Waals surface area contributed by atoms with Crippen LogP contribution in [0.3, 0.4) is 0 Å². The van der Waals surface area contributed by atoms with Crippen molar-refractivity contribution in [1.82, 2.24) is 0 Å². The van der Waals surface area contributed by atoms with Gasteiger partial charge in [0.1, 0.15) is 0 Å². The molecule has 0 spiro atoms. The lowest BCUT2D eigenvalue weighted by molar-refractivity contribution is -0.146. The zero-order valence-corrected chi connectivity index (χ0v) is 10.5. The second kappa shape index (κ2) is 5.67. The predicted octanol–water partition coefficient (Wildman–Crippen LogP) is 2.86. The lowest BCUT2D eigenvalue weighted by Gasteiger charge is -2.27. The van der Waals surface area contributed by atoms with E-state index in [1.807, 2.05) is 0 Å². The fraction of sp³-hybridized carbons (Fsp3) is 0.786. The van der Waals surface area contributed by atoms with E-state index in [1.54, 1.807) is 0 Å². The number of rotatable bonds is 4. The number of carboxylic acid groups (broad SMARTS) is 1. The Labute approximate surface area is 103 Å². The van der Waals surface area contributed by atoms with Crippen molar-refractivity contribution in [3.05, 3.63) is 12.2 Å². The molecule has 0 aromatic heterocycles. The van der Waals surface area contributed by atoms with E-state index in [-0.39, 0.29) is 12.0 Å². The van der Waals surface area contributed by atoms with Gasteiger partial charge in [-0.1, -0.05) is 19.1 Å². The fourth-order valence-corrected chi connectivity index (χ4v) is 2.89. The Hall–Kier alpha value is -0.830. The maximum Gasteiger partial charge on any atom is 0.309 e. The molecule has 0 radical (unpaired) electrons. The van der Waals surface area contributed by atoms with Gasteiger partial charge in [-0.15, -0.1) is 0 Å². The SMILES string of the molecule is CC1CC=CCC1COC1CCCC1C(=O)O. The summed E-state index contributed by atoms with van der Waals surface area (Å²) in [6.45, 7) is 2.97. The lowest BCUT2D eigenvalue weighted by atomic mass is 9.85. The molecular formula is C14H22O3. The Morgan fingerprint density at radius 3 is 2.82 bits per heavy atom. The van der Waals surface area contributed by atoms with Crippen LogP contribution in [0.15, 0.2) is 12.2 Å². The van der Waals surface area contributed by atoms with E-state index in [0.717, 1.165) is 38.7 Å². The topological polar surface area (TPSA) is 46.5 Å². The van der Waals surface area contributed by atoms with Crippen molar-refractivity contribution in [3.8, 4) is 0 Å². The van der Waals surface area contributed by atoms with E-state index in [2.05, 4.69) is 19.1 Å². The van der Waals surface area contributed by atoms with Crippen LogP contribution in [0.4, 0.5) is 0 Å². The van der Waals surface area contributed by atoms with Crippen LogP contribution in [-0.4, -0.2) is 23.8 Å². The van der Waals surface area contributed by atoms with Crippen LogP contribution in [0, 0.1) is 17.8 Å². The number of ether oxygens (including phenoxy) is 1. The third-order valence-corrected chi connectivity index (χ3v) is 4.21. The predicted molar refractivity (Wildman–Crippen MR) is 65.7 cm³/mol. The molecule has 17 heavy (non-hydrogen) atoms. The minimum atomic E-state index is -0.691. The highest BCUT2D eigenvalue weighted by Crippen LogP contribution is 2.31. The molecule has 2 rings (SSSR count). The van der Waals surface area contributed by atoms with Gasteiger partial charge < -0.3 is 9.84 Å². The number of carboxylic acids is 1. The molecule has 0 bridgehead atoms. The monoisotopic (exact) mass is 238 g/mol. The quantitative estimate of drug-likeness (QED) is 0.766. The molecule has 4 atom stereocenters. The molecule has 3 nitrogen and oxygen atoms in total. The fourth-order valence-electron chi connectivity index (χ4n) is 2.89. The first kappa shape index (κ1) is 12.6. The van der Waals surface area contributed by atoms with E-state index in [1.165, 1.54) is 0 Å². The van der Waals surface area contributed by atoms with E-state index in [4.69, 9.17) is 9.84 Å². The van der Waals surface area contributed by atoms with Gasteiger partial charge in [0.25, 0.3) is 0 Å². The van der Waals surface area contributed by atoms with Crippen LogP contribution in [0.1, 0.15) is 39.0 Å². The number of carbonyl (C=O) groups is 1. The highest BCUT2D eigenvalue weighted by Gasteiger charge is 2.34. The van der Waals surface area contributed by atoms with Crippen molar-refractivity contribution in [1.29, 1.82) is 0 Å². The van der Waals surface area contributed by atoms with Gasteiger partial charge in [-0.2, -0.15) is 0 Å². The summed E-state index contributed by atoms with van der Waals surface area (Å²) >= 11 is 0. The molecule has 2 aliphatic rings. The number of aliphatic carboxylic acids is 1. The van der Waals surface area contributed by atoms with Crippen molar-refractivity contribution in [2.24, 2.45) is 17.8 Å². The number of allylic oxidation sites excluding steroid dienone is 2. The minimum Gasteiger partial charge on any atom is -0.481 e. The maximum atomic E-state index is 11.0. The van der Waals surface area contributed by atoms with Gasteiger partial charge in [-0.05, 0) is 43.9 Å². The summed E-state index contributed by atoms with van der Waals surface area (Å²) in [6, 6.07) is 0. The Kier molecular flexibility index (Phi) is 4.21. The normalized spacial score (nSPS) is 37.2. The first-order chi connectivity index (χ1) is 8.18. The van der Waals surface area contributed by atoms with Crippen LogP contribution in [0.5, 0.6) is 0 Å². The second-order valence-electron chi connectivity index (χ2n) is 5.43. The zero-order chi connectivity index (χ0) is 12.3. The molecule has 1 saturated carbocycles. The summed E-state index contributed by atoms with van der Waals surface area (Å²) in [7, 11) is 0. The molecular weight excluding hydrogens is 216 g/mol. The van der Waals surface area contributed by atoms with Crippen LogP contribution in [0.25, 0.3) is 0 Å². The van der Waals surface area contributed by atoms with Gasteiger partial charge in [0.15, 0.2) is 0 Å². The Balaban J connectivity index is 1.81. The first-order valence-corrected chi connectivity index (χ1v) is 6.68. The third-order valence-electron chi connectivity index (χ3n) is 4.21. The molecule has 4 unspecified atom stereocenters. The summed E-state index contributed by atoms with van der Waals surface area (Å²) in [5.74, 6) is 0.258. The van der Waals surface area contributed by atoms with Crippen molar-refractivity contribution in [3.63, 3.8) is 0 Å². The van der Waals surface area contributed by atoms with Crippen LogP contribution in [-0.2, 0) is 9.53 Å². The summed E-state index contributed by atoms with van der Waals surface area (Å²) < 4.78 is 5.87. The molecule has 2 aliphatic carbocycles. The molecule has 0 amide bonds. The molecule has 0 saturated heterocycles. The van der Waals surface area contributed by atoms with Crippen molar-refractivity contribution < 1.29 is 14.6 Å². The molecule has 1 fully saturated rings. The first-order valence-electron chi connectivity index (χ1n) is 6.68. The van der Waals surface area contributed by atoms with E-state index >= 15 is 0 Å². The molecule has 0 heterocycles. The summed E-state index contributed by atoms with van der Waals surface area (Å²) in [5.41, 5.74) is 0. The molecule has 0 aliphatic heterocycles. The average molecular weight is 238 g/mol. The molecule has 1 N–H and O–H groups in total. The van der Waals surface area contributed by atoms with Gasteiger partial charge in [0.2, 0.25) is 0 Å². The number of hydrogen-bond donors (Lipinski definition) is 1. The van der Waals surface area contributed by atoms with Crippen molar-refractivity contribution >= 4 is 5.97 Å². The van der Waals surface area contributed by atoms with E-state index in [9.17, 15) is 4.79 Å². The average Bonchev–Trinajstić information content (AvgIpc) is 2.76. The molecule has 96 valence electrons. The van der Waals surface area contributed by atoms with Gasteiger partial charge >= 0.3 is 5.97 Å². The Morgan fingerprint density at radius 2 is 2.12 bits per heavy atom. The van der Waals surface area contributed by atoms with Gasteiger partial charge in [0, 0.05) is 0 Å². The Morgan fingerprint density at radius 1 is 1.35 bits per heavy atom. The van der Waals surface area contributed by atoms with Gasteiger partial charge in [-0.25, -0.2) is 0 Å². The Bertz CT molecular complexity index is 298. The third kappa shape index (κ3) is 3.09. The lowest BCUT2D eigenvalue weighted by Crippen LogP contribution is -2.29. The van der Waals surface area contributed by atoms with Gasteiger partial charge in [0.05, 0.1) is 18.6 Å². The molecule has 0 aromatic carbocycles. The van der Waals surface area contributed by atoms with Crippen LogP contribution < -0.4 is 0 Å². The zero-order valence-electron chi connectivity index (χ0n) is 10.5. The van der Waals surface area contributed by atoms with Crippen molar-refractivity contribution in [2.45, 2.75) is 45.1 Å². The van der Waals surface area contributed by atoms with Crippen LogP contribution >= 0.6 is 0 Å². The number of hydrogen-bond acceptors (Lipinski definition) is 2. The van der Waals surface area contributed by atoms with Gasteiger partial charge in [-0.3, -0.25) is 4.79 Å². The summed E-state index contributed by atoms with van der Waals surface area (Å²) in [6.07, 6.45) is 9.28.